The lowest BCUT2D eigenvalue weighted by molar-refractivity contribution is -0.122. The molecular weight excluding hydrogens is 695 g/mol. The number of benzene rings is 3. The van der Waals surface area contributed by atoms with Gasteiger partial charge in [0.05, 0.1) is 36.4 Å². The lowest BCUT2D eigenvalue weighted by atomic mass is 10.1. The Hall–Kier alpha value is -5.43. The summed E-state index contributed by atoms with van der Waals surface area (Å²) in [6, 6.07) is 20.1. The normalized spacial score (nSPS) is 11.1. The maximum atomic E-state index is 13.1. The lowest BCUT2D eigenvalue weighted by Gasteiger charge is -2.22. The average Bonchev–Trinajstić information content (AvgIpc) is 3.48. The number of likely N-dealkylation sites (N-methyl/N-ethyl adjacent to an activating group) is 1. The highest BCUT2D eigenvalue weighted by atomic mass is 35.5. The highest BCUT2D eigenvalue weighted by Gasteiger charge is 2.20. The van der Waals surface area contributed by atoms with Gasteiger partial charge in [-0.05, 0) is 59.7 Å². The Morgan fingerprint density at radius 2 is 1.76 bits per heavy atom. The van der Waals surface area contributed by atoms with E-state index < -0.39 is 11.8 Å². The molecule has 2 heterocycles. The van der Waals surface area contributed by atoms with Crippen LogP contribution in [0.2, 0.25) is 10.0 Å². The van der Waals surface area contributed by atoms with Crippen molar-refractivity contribution in [1.29, 1.82) is 0 Å². The van der Waals surface area contributed by atoms with E-state index in [1.807, 2.05) is 35.9 Å². The Balaban J connectivity index is 1.18. The molecule has 0 aliphatic heterocycles. The number of carbonyl (C=O) groups excluding carboxylic acids is 3. The Kier molecular flexibility index (Phi) is 12.3. The number of hydrogen-bond acceptors (Lipinski definition) is 8. The molecule has 0 spiro atoms. The van der Waals surface area contributed by atoms with Gasteiger partial charge in [-0.3, -0.25) is 23.9 Å². The summed E-state index contributed by atoms with van der Waals surface area (Å²) in [6.07, 6.45) is 6.31. The number of amides is 3. The fourth-order valence-corrected chi connectivity index (χ4v) is 5.81. The third-order valence-corrected chi connectivity index (χ3v) is 8.74. The van der Waals surface area contributed by atoms with Crippen molar-refractivity contribution < 1.29 is 28.6 Å². The maximum absolute atomic E-state index is 13.1. The number of methoxy groups -OCH3 is 2. The molecule has 5 aromatic rings. The van der Waals surface area contributed by atoms with Gasteiger partial charge in [-0.25, -0.2) is 0 Å². The van der Waals surface area contributed by atoms with Crippen LogP contribution in [0, 0.1) is 0 Å². The molecule has 3 aromatic carbocycles. The van der Waals surface area contributed by atoms with Crippen LogP contribution in [0.4, 0.5) is 11.4 Å². The van der Waals surface area contributed by atoms with Gasteiger partial charge in [-0.1, -0.05) is 47.5 Å². The first-order valence-electron chi connectivity index (χ1n) is 15.7. The van der Waals surface area contributed by atoms with E-state index in [1.54, 1.807) is 80.0 Å². The van der Waals surface area contributed by atoms with Crippen LogP contribution in [0.3, 0.4) is 0 Å². The topological polar surface area (TPSA) is 128 Å². The average molecular weight is 732 g/mol. The zero-order chi connectivity index (χ0) is 36.5. The van der Waals surface area contributed by atoms with Gasteiger partial charge < -0.3 is 29.3 Å². The van der Waals surface area contributed by atoms with Gasteiger partial charge >= 0.3 is 0 Å². The maximum Gasteiger partial charge on any atom is 0.296 e. The van der Waals surface area contributed by atoms with Crippen molar-refractivity contribution in [3.8, 4) is 11.8 Å². The molecule has 0 saturated heterocycles. The van der Waals surface area contributed by atoms with E-state index in [0.717, 1.165) is 16.6 Å². The largest absolute Gasteiger partial charge is 0.486 e. The van der Waals surface area contributed by atoms with E-state index >= 15 is 0 Å². The number of fused-ring (bicyclic) bond motifs is 1. The molecule has 1 N–H and O–H groups in total. The molecule has 264 valence electrons. The van der Waals surface area contributed by atoms with Gasteiger partial charge in [-0.2, -0.15) is 4.98 Å². The van der Waals surface area contributed by atoms with Crippen LogP contribution >= 0.6 is 23.2 Å². The van der Waals surface area contributed by atoms with Gasteiger partial charge in [0.2, 0.25) is 11.8 Å². The highest BCUT2D eigenvalue weighted by Crippen LogP contribution is 2.36. The van der Waals surface area contributed by atoms with Gasteiger partial charge in [0, 0.05) is 55.9 Å². The number of aromatic nitrogens is 3. The number of anilines is 2. The minimum absolute atomic E-state index is 0.0139. The number of halogens is 2. The molecular formula is C37H36Cl2N6O6. The van der Waals surface area contributed by atoms with E-state index in [-0.39, 0.29) is 30.7 Å². The SMILES string of the molecule is COCC(=O)N(Cc1cccnc1)c1ccc(/C=C/C(=O)NCC(=O)N(C)c2ccc(Cl)c(COc3cccc4c3nc(OC)n4C)c2Cl)cc1. The first kappa shape index (κ1) is 36.8. The number of aryl methyl sites for hydroxylation is 1. The summed E-state index contributed by atoms with van der Waals surface area (Å²) in [5.74, 6) is -0.564. The van der Waals surface area contributed by atoms with Crippen LogP contribution in [-0.2, 0) is 39.3 Å². The molecule has 12 nitrogen and oxygen atoms in total. The molecule has 0 unspecified atom stereocenters. The molecule has 3 amide bonds. The first-order chi connectivity index (χ1) is 24.6. The fraction of sp³-hybridized carbons (Fsp3) is 0.216. The van der Waals surface area contributed by atoms with Crippen LogP contribution < -0.4 is 24.6 Å². The number of para-hydroxylation sites is 1. The van der Waals surface area contributed by atoms with Gasteiger partial charge in [0.1, 0.15) is 24.5 Å². The van der Waals surface area contributed by atoms with E-state index in [4.69, 9.17) is 37.4 Å². The predicted octanol–water partition coefficient (Wildman–Crippen LogP) is 5.83. The third-order valence-electron chi connectivity index (χ3n) is 7.97. The molecule has 0 aliphatic rings. The number of nitrogens with one attached hydrogen (secondary N) is 1. The summed E-state index contributed by atoms with van der Waals surface area (Å²) in [6.45, 7) is -0.0148. The molecule has 0 fully saturated rings. The van der Waals surface area contributed by atoms with Crippen molar-refractivity contribution in [2.45, 2.75) is 13.2 Å². The summed E-state index contributed by atoms with van der Waals surface area (Å²) >= 11 is 13.2. The van der Waals surface area contributed by atoms with Gasteiger partial charge in [0.25, 0.3) is 11.9 Å². The third kappa shape index (κ3) is 8.84. The summed E-state index contributed by atoms with van der Waals surface area (Å²) in [5.41, 5.74) is 4.58. The second kappa shape index (κ2) is 17.0. The number of carbonyl (C=O) groups is 3. The number of pyridine rings is 1. The molecule has 0 bridgehead atoms. The Morgan fingerprint density at radius 1 is 0.980 bits per heavy atom. The number of imidazole rings is 1. The number of hydrogen-bond donors (Lipinski definition) is 1. The summed E-state index contributed by atoms with van der Waals surface area (Å²) < 4.78 is 18.3. The second-order valence-corrected chi connectivity index (χ2v) is 12.1. The second-order valence-electron chi connectivity index (χ2n) is 11.3. The van der Waals surface area contributed by atoms with Crippen LogP contribution in [-0.4, -0.2) is 66.7 Å². The zero-order valence-electron chi connectivity index (χ0n) is 28.4. The minimum Gasteiger partial charge on any atom is -0.486 e. The molecule has 0 aliphatic carbocycles. The number of ether oxygens (including phenoxy) is 3. The van der Waals surface area contributed by atoms with Crippen molar-refractivity contribution in [2.75, 3.05) is 44.2 Å². The van der Waals surface area contributed by atoms with Crippen LogP contribution in [0.25, 0.3) is 17.1 Å². The van der Waals surface area contributed by atoms with E-state index in [1.165, 1.54) is 18.1 Å². The van der Waals surface area contributed by atoms with Crippen molar-refractivity contribution in [1.82, 2.24) is 19.9 Å². The zero-order valence-corrected chi connectivity index (χ0v) is 29.9. The Bertz CT molecular complexity index is 2050. The van der Waals surface area contributed by atoms with Gasteiger partial charge in [-0.15, -0.1) is 0 Å². The smallest absolute Gasteiger partial charge is 0.296 e. The molecule has 0 atom stereocenters. The molecule has 0 radical (unpaired) electrons. The highest BCUT2D eigenvalue weighted by molar-refractivity contribution is 6.38. The molecule has 51 heavy (non-hydrogen) atoms. The monoisotopic (exact) mass is 730 g/mol. The lowest BCUT2D eigenvalue weighted by Crippen LogP contribution is -2.37. The summed E-state index contributed by atoms with van der Waals surface area (Å²) in [7, 11) is 6.41. The van der Waals surface area contributed by atoms with E-state index in [2.05, 4.69) is 15.3 Å². The van der Waals surface area contributed by atoms with Crippen LogP contribution in [0.1, 0.15) is 16.7 Å². The standard InChI is InChI=1S/C37H36Cl2N6O6/c1-43(29-16-15-28(38)27(35(29)39)22-51-31-9-5-8-30-36(31)42-37(50-4)44(30)2)33(47)20-41-32(46)17-12-24-10-13-26(14-11-24)45(34(48)23-49-3)21-25-7-6-18-40-19-25/h5-19H,20-23H2,1-4H3,(H,41,46)/b17-12+. The predicted molar refractivity (Wildman–Crippen MR) is 197 cm³/mol. The minimum atomic E-state index is -0.467. The van der Waals surface area contributed by atoms with Crippen LogP contribution in [0.5, 0.6) is 11.8 Å². The Labute approximate surface area is 305 Å². The summed E-state index contributed by atoms with van der Waals surface area (Å²) in [5, 5.41) is 3.21. The molecule has 2 aromatic heterocycles. The van der Waals surface area contributed by atoms with Crippen molar-refractivity contribution in [3.05, 3.63) is 112 Å². The van der Waals surface area contributed by atoms with Crippen LogP contribution in [0.15, 0.2) is 85.2 Å². The summed E-state index contributed by atoms with van der Waals surface area (Å²) in [4.78, 5) is 50.0. The molecule has 0 saturated carbocycles. The van der Waals surface area contributed by atoms with E-state index in [0.29, 0.717) is 45.8 Å². The quantitative estimate of drug-likeness (QED) is 0.141. The molecule has 14 heteroatoms. The van der Waals surface area contributed by atoms with Crippen molar-refractivity contribution >= 4 is 69.4 Å². The van der Waals surface area contributed by atoms with Gasteiger partial charge in [0.15, 0.2) is 0 Å². The molecule has 5 rings (SSSR count). The van der Waals surface area contributed by atoms with Crippen molar-refractivity contribution in [2.24, 2.45) is 7.05 Å². The first-order valence-corrected chi connectivity index (χ1v) is 16.5. The Morgan fingerprint density at radius 3 is 2.47 bits per heavy atom. The fourth-order valence-electron chi connectivity index (χ4n) is 5.20. The number of nitrogens with zero attached hydrogens (tertiary/aromatic N) is 5. The van der Waals surface area contributed by atoms with E-state index in [9.17, 15) is 14.4 Å². The number of rotatable bonds is 14. The van der Waals surface area contributed by atoms with Crippen molar-refractivity contribution in [3.63, 3.8) is 0 Å².